The number of aromatic hydroxyl groups is 1. The zero-order valence-electron chi connectivity index (χ0n) is 17.6. The van der Waals surface area contributed by atoms with Crippen molar-refractivity contribution in [1.29, 1.82) is 0 Å². The molecule has 6 nitrogen and oxygen atoms in total. The summed E-state index contributed by atoms with van der Waals surface area (Å²) in [7, 11) is 0. The number of hydrogen-bond acceptors (Lipinski definition) is 5. The van der Waals surface area contributed by atoms with Gasteiger partial charge in [-0.3, -0.25) is 4.79 Å². The Kier molecular flexibility index (Phi) is 5.79. The number of ether oxygens (including phenoxy) is 1. The second-order valence-corrected chi connectivity index (χ2v) is 8.89. The maximum absolute atomic E-state index is 11.9. The lowest BCUT2D eigenvalue weighted by Gasteiger charge is -2.32. The number of aliphatic hydroxyl groups is 2. The second kappa shape index (κ2) is 7.84. The molecule has 0 saturated heterocycles. The summed E-state index contributed by atoms with van der Waals surface area (Å²) in [6, 6.07) is 1.72. The number of nitrogens with one attached hydrogen (secondary N) is 1. The summed E-state index contributed by atoms with van der Waals surface area (Å²) in [6.07, 6.45) is 7.95. The monoisotopic (exact) mass is 401 g/mol. The van der Waals surface area contributed by atoms with Gasteiger partial charge in [-0.05, 0) is 71.6 Å². The molecule has 1 aromatic rings. The number of phenolic OH excluding ortho intramolecular Hbond substituents is 1. The highest BCUT2D eigenvalue weighted by Crippen LogP contribution is 2.42. The van der Waals surface area contributed by atoms with E-state index in [2.05, 4.69) is 11.4 Å². The molecule has 0 spiro atoms. The largest absolute Gasteiger partial charge is 0.507 e. The minimum Gasteiger partial charge on any atom is -0.507 e. The Labute approximate surface area is 171 Å². The summed E-state index contributed by atoms with van der Waals surface area (Å²) in [5, 5.41) is 33.0. The highest BCUT2D eigenvalue weighted by Gasteiger charge is 2.32. The van der Waals surface area contributed by atoms with Crippen molar-refractivity contribution < 1.29 is 24.9 Å². The van der Waals surface area contributed by atoms with Gasteiger partial charge in [-0.15, -0.1) is 0 Å². The Hall–Kier alpha value is -2.31. The molecule has 3 rings (SSSR count). The van der Waals surface area contributed by atoms with Gasteiger partial charge < -0.3 is 25.4 Å². The molecule has 0 aromatic heterocycles. The van der Waals surface area contributed by atoms with Crippen molar-refractivity contribution in [3.63, 3.8) is 0 Å². The number of rotatable bonds is 7. The van der Waals surface area contributed by atoms with Gasteiger partial charge in [-0.1, -0.05) is 11.6 Å². The fourth-order valence-corrected chi connectivity index (χ4v) is 3.70. The van der Waals surface area contributed by atoms with Crippen LogP contribution >= 0.6 is 0 Å². The molecule has 6 heteroatoms. The third kappa shape index (κ3) is 4.65. The van der Waals surface area contributed by atoms with E-state index in [1.54, 1.807) is 19.9 Å². The van der Waals surface area contributed by atoms with Crippen LogP contribution in [0.3, 0.4) is 0 Å². The molecule has 2 aliphatic rings. The predicted molar refractivity (Wildman–Crippen MR) is 112 cm³/mol. The van der Waals surface area contributed by atoms with E-state index in [9.17, 15) is 20.1 Å². The molecular formula is C23H31NO5. The SMILES string of the molecule is C/C(=C\CC[C@]1(C)C=Cc2c(cc3c(c2O)CNC3=O)O1)CC[C@@H](O)C(C)(C)O. The van der Waals surface area contributed by atoms with E-state index >= 15 is 0 Å². The lowest BCUT2D eigenvalue weighted by atomic mass is 9.92. The van der Waals surface area contributed by atoms with Gasteiger partial charge in [0.15, 0.2) is 0 Å². The fourth-order valence-electron chi connectivity index (χ4n) is 3.70. The van der Waals surface area contributed by atoms with Gasteiger partial charge in [0, 0.05) is 12.1 Å². The fraction of sp³-hybridized carbons (Fsp3) is 0.522. The molecule has 0 saturated carbocycles. The van der Waals surface area contributed by atoms with Crippen molar-refractivity contribution in [3.05, 3.63) is 40.5 Å². The van der Waals surface area contributed by atoms with Gasteiger partial charge in [-0.2, -0.15) is 0 Å². The third-order valence-corrected chi connectivity index (χ3v) is 5.78. The Balaban J connectivity index is 1.62. The molecule has 158 valence electrons. The molecule has 0 bridgehead atoms. The number of amides is 1. The van der Waals surface area contributed by atoms with Crippen LogP contribution in [0.4, 0.5) is 0 Å². The molecular weight excluding hydrogens is 370 g/mol. The predicted octanol–water partition coefficient (Wildman–Crippen LogP) is 3.44. The van der Waals surface area contributed by atoms with Gasteiger partial charge in [0.05, 0.1) is 22.8 Å². The summed E-state index contributed by atoms with van der Waals surface area (Å²) in [6.45, 7) is 7.56. The first-order valence-electron chi connectivity index (χ1n) is 10.1. The number of carbonyl (C=O) groups is 1. The quantitative estimate of drug-likeness (QED) is 0.525. The van der Waals surface area contributed by atoms with Crippen LogP contribution in [0, 0.1) is 0 Å². The molecule has 0 unspecified atom stereocenters. The van der Waals surface area contributed by atoms with Gasteiger partial charge in [-0.25, -0.2) is 0 Å². The molecule has 0 radical (unpaired) electrons. The van der Waals surface area contributed by atoms with Crippen molar-refractivity contribution in [2.45, 2.75) is 77.2 Å². The van der Waals surface area contributed by atoms with E-state index in [1.165, 1.54) is 0 Å². The highest BCUT2D eigenvalue weighted by atomic mass is 16.5. The summed E-state index contributed by atoms with van der Waals surface area (Å²) >= 11 is 0. The van der Waals surface area contributed by atoms with Crippen LogP contribution in [0.5, 0.6) is 11.5 Å². The lowest BCUT2D eigenvalue weighted by molar-refractivity contribution is -0.0509. The van der Waals surface area contributed by atoms with Crippen molar-refractivity contribution in [3.8, 4) is 11.5 Å². The number of allylic oxidation sites excluding steroid dienone is 2. The third-order valence-electron chi connectivity index (χ3n) is 5.78. The van der Waals surface area contributed by atoms with E-state index in [4.69, 9.17) is 4.74 Å². The maximum Gasteiger partial charge on any atom is 0.252 e. The van der Waals surface area contributed by atoms with Crippen LogP contribution in [0.1, 0.15) is 74.9 Å². The molecule has 1 amide bonds. The van der Waals surface area contributed by atoms with E-state index in [1.807, 2.05) is 26.0 Å². The lowest BCUT2D eigenvalue weighted by Crippen LogP contribution is -2.35. The molecule has 1 aromatic carbocycles. The summed E-state index contributed by atoms with van der Waals surface area (Å²) in [4.78, 5) is 11.9. The van der Waals surface area contributed by atoms with Gasteiger partial charge in [0.2, 0.25) is 0 Å². The minimum atomic E-state index is -1.09. The number of benzene rings is 1. The molecule has 0 fully saturated rings. The average Bonchev–Trinajstić information content (AvgIpc) is 3.00. The first-order valence-corrected chi connectivity index (χ1v) is 10.1. The van der Waals surface area contributed by atoms with Crippen LogP contribution in [-0.4, -0.2) is 38.5 Å². The summed E-state index contributed by atoms with van der Waals surface area (Å²) < 4.78 is 6.17. The topological polar surface area (TPSA) is 99.0 Å². The van der Waals surface area contributed by atoms with Crippen LogP contribution in [0.2, 0.25) is 0 Å². The Morgan fingerprint density at radius 1 is 1.45 bits per heavy atom. The number of hydrogen-bond donors (Lipinski definition) is 4. The van der Waals surface area contributed by atoms with E-state index in [0.29, 0.717) is 35.4 Å². The van der Waals surface area contributed by atoms with Crippen LogP contribution in [-0.2, 0) is 6.54 Å². The maximum atomic E-state index is 11.9. The van der Waals surface area contributed by atoms with E-state index < -0.39 is 17.3 Å². The number of aliphatic hydroxyl groups excluding tert-OH is 1. The highest BCUT2D eigenvalue weighted by molar-refractivity contribution is 6.00. The minimum absolute atomic E-state index is 0.107. The first kappa shape index (κ1) is 21.4. The van der Waals surface area contributed by atoms with Crippen molar-refractivity contribution >= 4 is 12.0 Å². The first-order chi connectivity index (χ1) is 13.5. The number of phenols is 1. The zero-order chi connectivity index (χ0) is 21.4. The van der Waals surface area contributed by atoms with Crippen molar-refractivity contribution in [2.75, 3.05) is 0 Å². The van der Waals surface area contributed by atoms with Crippen LogP contribution in [0.15, 0.2) is 23.8 Å². The van der Waals surface area contributed by atoms with Crippen molar-refractivity contribution in [2.24, 2.45) is 0 Å². The standard InChI is InChI=1S/C23H31NO5/c1-14(7-8-19(25)22(2,3)28)6-5-10-23(4)11-9-15-18(29-23)12-16-17(20(15)26)13-24-21(16)27/h6,9,11-12,19,25-26,28H,5,7-8,10,13H2,1-4H3,(H,24,27)/b14-6+/t19-,23-/m1/s1. The van der Waals surface area contributed by atoms with Crippen LogP contribution < -0.4 is 10.1 Å². The Morgan fingerprint density at radius 2 is 2.17 bits per heavy atom. The smallest absolute Gasteiger partial charge is 0.252 e. The molecule has 2 atom stereocenters. The van der Waals surface area contributed by atoms with E-state index in [-0.39, 0.29) is 11.7 Å². The molecule has 4 N–H and O–H groups in total. The number of fused-ring (bicyclic) bond motifs is 2. The zero-order valence-corrected chi connectivity index (χ0v) is 17.6. The van der Waals surface area contributed by atoms with Crippen molar-refractivity contribution in [1.82, 2.24) is 5.32 Å². The van der Waals surface area contributed by atoms with Gasteiger partial charge >= 0.3 is 0 Å². The van der Waals surface area contributed by atoms with Gasteiger partial charge in [0.25, 0.3) is 5.91 Å². The Bertz CT molecular complexity index is 865. The van der Waals surface area contributed by atoms with E-state index in [0.717, 1.165) is 24.8 Å². The average molecular weight is 402 g/mol. The molecule has 2 aliphatic heterocycles. The molecule has 0 aliphatic carbocycles. The summed E-state index contributed by atoms with van der Waals surface area (Å²) in [5.41, 5.74) is 1.24. The Morgan fingerprint density at radius 3 is 2.86 bits per heavy atom. The second-order valence-electron chi connectivity index (χ2n) is 8.89. The number of carbonyl (C=O) groups excluding carboxylic acids is 1. The summed E-state index contributed by atoms with van der Waals surface area (Å²) in [5.74, 6) is 0.442. The normalized spacial score (nSPS) is 22.0. The molecule has 29 heavy (non-hydrogen) atoms. The van der Waals surface area contributed by atoms with Crippen LogP contribution in [0.25, 0.3) is 6.08 Å². The van der Waals surface area contributed by atoms with Gasteiger partial charge in [0.1, 0.15) is 17.1 Å². The molecule has 2 heterocycles.